The van der Waals surface area contributed by atoms with Gasteiger partial charge in [0.15, 0.2) is 6.10 Å². The molecule has 0 bridgehead atoms. The number of benzene rings is 1. The Kier molecular flexibility index (Phi) is 6.10. The molecule has 1 amide bonds. The third kappa shape index (κ3) is 4.71. The summed E-state index contributed by atoms with van der Waals surface area (Å²) >= 11 is 0. The van der Waals surface area contributed by atoms with Crippen LogP contribution >= 0.6 is 0 Å². The van der Waals surface area contributed by atoms with Gasteiger partial charge in [-0.3, -0.25) is 4.79 Å². The molecule has 1 rings (SSSR count). The highest BCUT2D eigenvalue weighted by Crippen LogP contribution is 2.18. The summed E-state index contributed by atoms with van der Waals surface area (Å²) in [6.07, 6.45) is -1.05. The quantitative estimate of drug-likeness (QED) is 0.465. The zero-order chi connectivity index (χ0) is 16.0. The van der Waals surface area contributed by atoms with E-state index in [1.165, 1.54) is 33.1 Å². The first-order chi connectivity index (χ1) is 9.86. The van der Waals surface area contributed by atoms with Gasteiger partial charge in [-0.25, -0.2) is 9.18 Å². The fourth-order valence-corrected chi connectivity index (χ4v) is 1.64. The van der Waals surface area contributed by atoms with Crippen molar-refractivity contribution in [3.8, 4) is 0 Å². The van der Waals surface area contributed by atoms with Crippen LogP contribution in [0.15, 0.2) is 12.1 Å². The van der Waals surface area contributed by atoms with Crippen molar-refractivity contribution < 1.29 is 23.5 Å². The number of esters is 1. The zero-order valence-electron chi connectivity index (χ0n) is 12.2. The summed E-state index contributed by atoms with van der Waals surface area (Å²) in [5.41, 5.74) is 5.77. The van der Waals surface area contributed by atoms with Gasteiger partial charge in [-0.05, 0) is 31.5 Å². The van der Waals surface area contributed by atoms with Crippen molar-refractivity contribution in [2.45, 2.75) is 20.0 Å². The summed E-state index contributed by atoms with van der Waals surface area (Å²) in [6, 6.07) is 2.59. The lowest BCUT2D eigenvalue weighted by Gasteiger charge is -2.14. The Morgan fingerprint density at radius 1 is 1.43 bits per heavy atom. The molecule has 21 heavy (non-hydrogen) atoms. The number of nitrogens with two attached hydrogens (primary N) is 1. The van der Waals surface area contributed by atoms with Crippen molar-refractivity contribution in [2.24, 2.45) is 0 Å². The van der Waals surface area contributed by atoms with Gasteiger partial charge in [0.2, 0.25) is 0 Å². The van der Waals surface area contributed by atoms with E-state index in [2.05, 4.69) is 5.32 Å². The van der Waals surface area contributed by atoms with Crippen LogP contribution in [0.4, 0.5) is 10.1 Å². The largest absolute Gasteiger partial charge is 0.449 e. The summed E-state index contributed by atoms with van der Waals surface area (Å²) in [6.45, 7) is 3.53. The number of hydrogen-bond acceptors (Lipinski definition) is 5. The second-order valence-electron chi connectivity index (χ2n) is 4.53. The summed E-state index contributed by atoms with van der Waals surface area (Å²) in [7, 11) is 1.50. The van der Waals surface area contributed by atoms with Crippen LogP contribution in [0.3, 0.4) is 0 Å². The number of ether oxygens (including phenoxy) is 2. The molecule has 1 aromatic rings. The second-order valence-corrected chi connectivity index (χ2v) is 4.53. The second kappa shape index (κ2) is 7.58. The first-order valence-corrected chi connectivity index (χ1v) is 6.40. The Labute approximate surface area is 122 Å². The monoisotopic (exact) mass is 298 g/mol. The molecule has 0 fully saturated rings. The SMILES string of the molecule is COCCNC(=O)C(C)OC(=O)c1cc(N)cc(C)c1F. The van der Waals surface area contributed by atoms with E-state index in [4.69, 9.17) is 15.2 Å². The molecule has 0 heterocycles. The van der Waals surface area contributed by atoms with E-state index >= 15 is 0 Å². The summed E-state index contributed by atoms with van der Waals surface area (Å²) in [5, 5.41) is 2.52. The van der Waals surface area contributed by atoms with Crippen LogP contribution in [-0.2, 0) is 14.3 Å². The lowest BCUT2D eigenvalue weighted by atomic mass is 10.1. The number of amides is 1. The van der Waals surface area contributed by atoms with Gasteiger partial charge < -0.3 is 20.5 Å². The molecule has 1 unspecified atom stereocenters. The lowest BCUT2D eigenvalue weighted by Crippen LogP contribution is -2.37. The van der Waals surface area contributed by atoms with Crippen molar-refractivity contribution in [2.75, 3.05) is 26.0 Å². The molecule has 0 aromatic heterocycles. The van der Waals surface area contributed by atoms with E-state index in [0.717, 1.165) is 0 Å². The highest BCUT2D eigenvalue weighted by molar-refractivity contribution is 5.93. The van der Waals surface area contributed by atoms with Crippen molar-refractivity contribution in [3.63, 3.8) is 0 Å². The highest BCUT2D eigenvalue weighted by atomic mass is 19.1. The minimum absolute atomic E-state index is 0.235. The van der Waals surface area contributed by atoms with Gasteiger partial charge in [0, 0.05) is 19.3 Å². The number of carbonyl (C=O) groups excluding carboxylic acids is 2. The van der Waals surface area contributed by atoms with Crippen molar-refractivity contribution in [1.82, 2.24) is 5.32 Å². The fourth-order valence-electron chi connectivity index (χ4n) is 1.64. The maximum Gasteiger partial charge on any atom is 0.341 e. The van der Waals surface area contributed by atoms with Gasteiger partial charge in [0.1, 0.15) is 5.82 Å². The number of aryl methyl sites for hydroxylation is 1. The predicted molar refractivity (Wildman–Crippen MR) is 75.3 cm³/mol. The number of methoxy groups -OCH3 is 1. The Morgan fingerprint density at radius 2 is 2.10 bits per heavy atom. The number of anilines is 1. The Morgan fingerprint density at radius 3 is 2.71 bits per heavy atom. The summed E-state index contributed by atoms with van der Waals surface area (Å²) in [4.78, 5) is 23.5. The average molecular weight is 298 g/mol. The van der Waals surface area contributed by atoms with Crippen LogP contribution < -0.4 is 11.1 Å². The smallest absolute Gasteiger partial charge is 0.341 e. The van der Waals surface area contributed by atoms with Crippen molar-refractivity contribution in [3.05, 3.63) is 29.1 Å². The molecule has 1 aromatic carbocycles. The van der Waals surface area contributed by atoms with Crippen molar-refractivity contribution >= 4 is 17.6 Å². The molecule has 0 spiro atoms. The van der Waals surface area contributed by atoms with Gasteiger partial charge in [0.25, 0.3) is 5.91 Å². The lowest BCUT2D eigenvalue weighted by molar-refractivity contribution is -0.129. The molecule has 0 saturated carbocycles. The molecule has 3 N–H and O–H groups in total. The Bertz CT molecular complexity index is 534. The molecular weight excluding hydrogens is 279 g/mol. The number of nitrogens with one attached hydrogen (secondary N) is 1. The van der Waals surface area contributed by atoms with E-state index in [1.54, 1.807) is 0 Å². The van der Waals surface area contributed by atoms with E-state index in [-0.39, 0.29) is 16.8 Å². The van der Waals surface area contributed by atoms with Gasteiger partial charge in [-0.2, -0.15) is 0 Å². The summed E-state index contributed by atoms with van der Waals surface area (Å²) < 4.78 is 23.6. The van der Waals surface area contributed by atoms with Crippen LogP contribution in [-0.4, -0.2) is 38.2 Å². The van der Waals surface area contributed by atoms with Gasteiger partial charge in [-0.15, -0.1) is 0 Å². The van der Waals surface area contributed by atoms with E-state index in [0.29, 0.717) is 13.2 Å². The molecule has 0 aliphatic rings. The number of halogens is 1. The minimum atomic E-state index is -1.05. The van der Waals surface area contributed by atoms with Gasteiger partial charge >= 0.3 is 5.97 Å². The van der Waals surface area contributed by atoms with Crippen molar-refractivity contribution in [1.29, 1.82) is 0 Å². The Balaban J connectivity index is 2.71. The molecule has 0 aliphatic heterocycles. The summed E-state index contributed by atoms with van der Waals surface area (Å²) in [5.74, 6) is -2.13. The van der Waals surface area contributed by atoms with E-state index in [1.807, 2.05) is 0 Å². The van der Waals surface area contributed by atoms with Crippen LogP contribution in [0.2, 0.25) is 0 Å². The third-order valence-electron chi connectivity index (χ3n) is 2.76. The van der Waals surface area contributed by atoms with Crippen LogP contribution in [0, 0.1) is 12.7 Å². The predicted octanol–water partition coefficient (Wildman–Crippen LogP) is 1.02. The first-order valence-electron chi connectivity index (χ1n) is 6.40. The van der Waals surface area contributed by atoms with E-state index in [9.17, 15) is 14.0 Å². The average Bonchev–Trinajstić information content (AvgIpc) is 2.42. The molecule has 116 valence electrons. The van der Waals surface area contributed by atoms with Crippen LogP contribution in [0.5, 0.6) is 0 Å². The molecular formula is C14H19FN2O4. The highest BCUT2D eigenvalue weighted by Gasteiger charge is 2.22. The Hall–Kier alpha value is -2.15. The minimum Gasteiger partial charge on any atom is -0.449 e. The van der Waals surface area contributed by atoms with E-state index < -0.39 is 23.8 Å². The van der Waals surface area contributed by atoms with Crippen LogP contribution in [0.25, 0.3) is 0 Å². The van der Waals surface area contributed by atoms with Crippen LogP contribution in [0.1, 0.15) is 22.8 Å². The topological polar surface area (TPSA) is 90.6 Å². The first kappa shape index (κ1) is 16.9. The number of nitrogen functional groups attached to an aromatic ring is 1. The maximum absolute atomic E-state index is 13.9. The molecule has 1 atom stereocenters. The fraction of sp³-hybridized carbons (Fsp3) is 0.429. The van der Waals surface area contributed by atoms with Gasteiger partial charge in [-0.1, -0.05) is 0 Å². The molecule has 0 aliphatic carbocycles. The molecule has 7 heteroatoms. The molecule has 0 radical (unpaired) electrons. The molecule has 6 nitrogen and oxygen atoms in total. The number of rotatable bonds is 6. The van der Waals surface area contributed by atoms with Gasteiger partial charge in [0.05, 0.1) is 12.2 Å². The number of hydrogen-bond donors (Lipinski definition) is 2. The molecule has 0 saturated heterocycles. The number of carbonyl (C=O) groups is 2. The normalized spacial score (nSPS) is 11.8. The maximum atomic E-state index is 13.9. The zero-order valence-corrected chi connectivity index (χ0v) is 12.2. The third-order valence-corrected chi connectivity index (χ3v) is 2.76. The standard InChI is InChI=1S/C14H19FN2O4/c1-8-6-10(16)7-11(12(8)15)14(19)21-9(2)13(18)17-4-5-20-3/h6-7,9H,4-5,16H2,1-3H3,(H,17,18).